The Hall–Kier alpha value is -2.47. The maximum Gasteiger partial charge on any atom is 0.573 e. The Labute approximate surface area is 199 Å². The van der Waals surface area contributed by atoms with Crippen molar-refractivity contribution in [1.82, 2.24) is 19.7 Å². The molecule has 0 bridgehead atoms. The first-order valence-corrected chi connectivity index (χ1v) is 11.8. The molecule has 7 nitrogen and oxygen atoms in total. The monoisotopic (exact) mass is 501 g/mol. The van der Waals surface area contributed by atoms with E-state index < -0.39 is 30.9 Å². The van der Waals surface area contributed by atoms with E-state index in [1.54, 1.807) is 6.07 Å². The summed E-state index contributed by atoms with van der Waals surface area (Å²) in [5.41, 5.74) is 6.51. The second kappa shape index (κ2) is 9.20. The quantitative estimate of drug-likeness (QED) is 0.598. The zero-order valence-electron chi connectivity index (χ0n) is 19.1. The highest BCUT2D eigenvalue weighted by atomic mass is 19.4. The Morgan fingerprint density at radius 1 is 1.23 bits per heavy atom. The van der Waals surface area contributed by atoms with Gasteiger partial charge >= 0.3 is 6.36 Å². The Morgan fingerprint density at radius 3 is 2.80 bits per heavy atom. The highest BCUT2D eigenvalue weighted by Crippen LogP contribution is 2.63. The van der Waals surface area contributed by atoms with E-state index in [0.717, 1.165) is 64.5 Å². The molecule has 3 atom stereocenters. The zero-order chi connectivity index (χ0) is 24.8. The minimum absolute atomic E-state index is 0.222. The number of nitrogens with two attached hydrogens (primary N) is 1. The van der Waals surface area contributed by atoms with E-state index in [9.17, 15) is 22.0 Å². The van der Waals surface area contributed by atoms with Gasteiger partial charge in [0.1, 0.15) is 6.54 Å². The average molecular weight is 502 g/mol. The third-order valence-electron chi connectivity index (χ3n) is 7.49. The molecule has 3 aliphatic rings. The van der Waals surface area contributed by atoms with Gasteiger partial charge in [0.25, 0.3) is 6.43 Å². The minimum Gasteiger partial charge on any atom is -0.402 e. The van der Waals surface area contributed by atoms with Crippen LogP contribution < -0.4 is 10.5 Å². The number of alkyl halides is 5. The summed E-state index contributed by atoms with van der Waals surface area (Å²) in [7, 11) is 0. The highest BCUT2D eigenvalue weighted by molar-refractivity contribution is 5.65. The number of anilines is 1. The number of halogens is 5. The number of rotatable bonds is 6. The van der Waals surface area contributed by atoms with E-state index in [4.69, 9.17) is 10.5 Å². The number of nitrogens with zero attached hydrogens (tertiary/aromatic N) is 4. The van der Waals surface area contributed by atoms with Crippen LogP contribution in [0.3, 0.4) is 0 Å². The Morgan fingerprint density at radius 2 is 2.06 bits per heavy atom. The van der Waals surface area contributed by atoms with Gasteiger partial charge in [-0.3, -0.25) is 9.58 Å². The fourth-order valence-electron chi connectivity index (χ4n) is 5.80. The van der Waals surface area contributed by atoms with Gasteiger partial charge in [-0.1, -0.05) is 0 Å². The lowest BCUT2D eigenvalue weighted by molar-refractivity contribution is -0.274. The summed E-state index contributed by atoms with van der Waals surface area (Å²) in [5, 5.41) is 4.35. The average Bonchev–Trinajstić information content (AvgIpc) is 3.46. The predicted octanol–water partition coefficient (Wildman–Crippen LogP) is 4.22. The van der Waals surface area contributed by atoms with Crippen molar-refractivity contribution in [1.29, 1.82) is 0 Å². The van der Waals surface area contributed by atoms with Gasteiger partial charge in [0.05, 0.1) is 12.3 Å². The van der Waals surface area contributed by atoms with Gasteiger partial charge in [-0.05, 0) is 50.2 Å². The van der Waals surface area contributed by atoms with Crippen LogP contribution in [0, 0.1) is 5.92 Å². The lowest BCUT2D eigenvalue weighted by Crippen LogP contribution is -2.41. The van der Waals surface area contributed by atoms with Gasteiger partial charge in [-0.15, -0.1) is 13.2 Å². The van der Waals surface area contributed by atoms with Crippen molar-refractivity contribution in [3.8, 4) is 17.0 Å². The SMILES string of the molecule is Nc1ncc(-c2cc(C34CC[C@H](N5CCCOCC5)C[C@H]3C4)n(CC(F)F)n2)cc1OC(F)(F)F. The maximum atomic E-state index is 13.4. The van der Waals surface area contributed by atoms with Crippen molar-refractivity contribution in [3.63, 3.8) is 0 Å². The summed E-state index contributed by atoms with van der Waals surface area (Å²) in [6.45, 7) is 2.84. The standard InChI is InChI=1S/C23H28F5N5O2/c24-20(25)13-33-19(10-17(31-33)14-8-18(21(29)30-12-14)35-23(26,27)28)22-3-2-16(9-15(22)11-22)32-4-1-6-34-7-5-32/h8,10,12,15-16,20H,1-7,9,11,13H2,(H2,29,30)/t15-,16-,22?/m0/s1. The molecule has 0 radical (unpaired) electrons. The summed E-state index contributed by atoms with van der Waals surface area (Å²) < 4.78 is 75.9. The van der Waals surface area contributed by atoms with Gasteiger partial charge in [0, 0.05) is 48.6 Å². The van der Waals surface area contributed by atoms with E-state index in [2.05, 4.69) is 19.7 Å². The molecule has 2 aromatic heterocycles. The van der Waals surface area contributed by atoms with Gasteiger partial charge in [-0.25, -0.2) is 13.8 Å². The van der Waals surface area contributed by atoms with Crippen LogP contribution in [0.15, 0.2) is 18.3 Å². The number of hydrogen-bond donors (Lipinski definition) is 1. The van der Waals surface area contributed by atoms with E-state index in [1.807, 2.05) is 0 Å². The largest absolute Gasteiger partial charge is 0.573 e. The van der Waals surface area contributed by atoms with Crippen molar-refractivity contribution in [3.05, 3.63) is 24.0 Å². The van der Waals surface area contributed by atoms with Gasteiger partial charge < -0.3 is 15.2 Å². The predicted molar refractivity (Wildman–Crippen MR) is 117 cm³/mol. The van der Waals surface area contributed by atoms with E-state index >= 15 is 0 Å². The van der Waals surface area contributed by atoms with E-state index in [1.165, 1.54) is 10.9 Å². The summed E-state index contributed by atoms with van der Waals surface area (Å²) in [5.74, 6) is -0.708. The molecule has 3 fully saturated rings. The van der Waals surface area contributed by atoms with Crippen LogP contribution in [-0.2, 0) is 16.7 Å². The number of aromatic nitrogens is 3. The molecule has 1 saturated heterocycles. The molecule has 0 amide bonds. The van der Waals surface area contributed by atoms with Crippen molar-refractivity contribution in [2.45, 2.75) is 62.9 Å². The molecule has 1 aliphatic heterocycles. The van der Waals surface area contributed by atoms with Crippen molar-refractivity contribution in [2.75, 3.05) is 32.0 Å². The van der Waals surface area contributed by atoms with E-state index in [-0.39, 0.29) is 16.7 Å². The number of ether oxygens (including phenoxy) is 2. The topological polar surface area (TPSA) is 78.4 Å². The Kier molecular flexibility index (Phi) is 6.37. The van der Waals surface area contributed by atoms with Crippen LogP contribution in [0.25, 0.3) is 11.3 Å². The normalized spacial score (nSPS) is 27.5. The second-order valence-corrected chi connectivity index (χ2v) is 9.63. The number of hydrogen-bond acceptors (Lipinski definition) is 6. The number of pyridine rings is 1. The van der Waals surface area contributed by atoms with Crippen molar-refractivity contribution >= 4 is 5.82 Å². The molecule has 0 spiro atoms. The minimum atomic E-state index is -4.94. The smallest absolute Gasteiger partial charge is 0.402 e. The van der Waals surface area contributed by atoms with Crippen LogP contribution in [-0.4, -0.2) is 64.8 Å². The van der Waals surface area contributed by atoms with Crippen LogP contribution in [0.5, 0.6) is 5.75 Å². The molecular formula is C23H28F5N5O2. The lowest BCUT2D eigenvalue weighted by Gasteiger charge is -2.36. The molecule has 35 heavy (non-hydrogen) atoms. The van der Waals surface area contributed by atoms with Crippen LogP contribution in [0.1, 0.15) is 37.8 Å². The van der Waals surface area contributed by atoms with Gasteiger partial charge in [0.15, 0.2) is 11.6 Å². The van der Waals surface area contributed by atoms with E-state index in [0.29, 0.717) is 17.7 Å². The molecule has 2 N–H and O–H groups in total. The molecule has 5 rings (SSSR count). The van der Waals surface area contributed by atoms with Crippen molar-refractivity contribution in [2.24, 2.45) is 5.92 Å². The first kappa shape index (κ1) is 24.2. The van der Waals surface area contributed by atoms with Gasteiger partial charge in [0.2, 0.25) is 0 Å². The third-order valence-corrected chi connectivity index (χ3v) is 7.49. The summed E-state index contributed by atoms with van der Waals surface area (Å²) >= 11 is 0. The molecule has 3 heterocycles. The zero-order valence-corrected chi connectivity index (χ0v) is 19.1. The van der Waals surface area contributed by atoms with Gasteiger partial charge in [-0.2, -0.15) is 5.10 Å². The summed E-state index contributed by atoms with van der Waals surface area (Å²) in [6, 6.07) is 3.26. The Bertz CT molecular complexity index is 1050. The maximum absolute atomic E-state index is 13.4. The highest BCUT2D eigenvalue weighted by Gasteiger charge is 2.59. The number of nitrogen functional groups attached to an aromatic ring is 1. The second-order valence-electron chi connectivity index (χ2n) is 9.63. The molecule has 0 aromatic carbocycles. The van der Waals surface area contributed by atoms with Crippen LogP contribution in [0.4, 0.5) is 27.8 Å². The molecule has 12 heteroatoms. The number of fused-ring (bicyclic) bond motifs is 1. The fourth-order valence-corrected chi connectivity index (χ4v) is 5.80. The third kappa shape index (κ3) is 5.09. The summed E-state index contributed by atoms with van der Waals surface area (Å²) in [4.78, 5) is 6.27. The summed E-state index contributed by atoms with van der Waals surface area (Å²) in [6.07, 6.45) is -1.57. The first-order valence-electron chi connectivity index (χ1n) is 11.8. The molecule has 2 aromatic rings. The molecule has 1 unspecified atom stereocenters. The first-order chi connectivity index (χ1) is 16.6. The Balaban J connectivity index is 1.40. The molecule has 2 saturated carbocycles. The fraction of sp³-hybridized carbons (Fsp3) is 0.652. The molecular weight excluding hydrogens is 473 g/mol. The molecule has 2 aliphatic carbocycles. The van der Waals surface area contributed by atoms with Crippen LogP contribution >= 0.6 is 0 Å². The van der Waals surface area contributed by atoms with Crippen LogP contribution in [0.2, 0.25) is 0 Å². The van der Waals surface area contributed by atoms with Crippen molar-refractivity contribution < 1.29 is 31.4 Å². The molecule has 192 valence electrons. The lowest BCUT2D eigenvalue weighted by atomic mass is 9.82.